The van der Waals surface area contributed by atoms with E-state index in [0.717, 1.165) is 5.69 Å². The first-order valence-electron chi connectivity index (χ1n) is 8.78. The van der Waals surface area contributed by atoms with Gasteiger partial charge in [0.25, 0.3) is 11.6 Å². The van der Waals surface area contributed by atoms with E-state index in [1.165, 1.54) is 12.1 Å². The molecule has 1 atom stereocenters. The van der Waals surface area contributed by atoms with Crippen LogP contribution in [0.2, 0.25) is 0 Å². The van der Waals surface area contributed by atoms with Crippen LogP contribution >= 0.6 is 0 Å². The summed E-state index contributed by atoms with van der Waals surface area (Å²) in [4.78, 5) is 17.4. The zero-order valence-electron chi connectivity index (χ0n) is 16.1. The first-order valence-corrected chi connectivity index (χ1v) is 10.3. The standard InChI is InChI=1S/C19H22N4O4S/c1-10(2)16-9-15(17-12(4)23-27-19(17)22-16)18(24)21-11(3)13-6-5-7-14(8-13)28(20,25)26/h5-11H,1-4H3,(H,21,24)(H2,20,25,26). The quantitative estimate of drug-likeness (QED) is 0.675. The van der Waals surface area contributed by atoms with Crippen molar-refractivity contribution in [1.29, 1.82) is 0 Å². The Bertz CT molecular complexity index is 1150. The summed E-state index contributed by atoms with van der Waals surface area (Å²) in [5.41, 5.74) is 2.65. The number of amides is 1. The number of benzene rings is 1. The van der Waals surface area contributed by atoms with Crippen LogP contribution < -0.4 is 10.5 Å². The van der Waals surface area contributed by atoms with Crippen molar-refractivity contribution in [3.63, 3.8) is 0 Å². The first kappa shape index (κ1) is 20.0. The summed E-state index contributed by atoms with van der Waals surface area (Å²) in [5.74, 6) is -0.223. The van der Waals surface area contributed by atoms with Crippen molar-refractivity contribution in [2.45, 2.75) is 44.6 Å². The van der Waals surface area contributed by atoms with Crippen molar-refractivity contribution < 1.29 is 17.7 Å². The van der Waals surface area contributed by atoms with Crippen LogP contribution in [0.15, 0.2) is 39.8 Å². The molecule has 0 fully saturated rings. The second kappa shape index (κ2) is 7.33. The van der Waals surface area contributed by atoms with Gasteiger partial charge in [0, 0.05) is 5.69 Å². The highest BCUT2D eigenvalue weighted by Gasteiger charge is 2.21. The molecule has 0 radical (unpaired) electrons. The van der Waals surface area contributed by atoms with Gasteiger partial charge in [0.05, 0.1) is 27.6 Å². The molecule has 1 amide bonds. The maximum Gasteiger partial charge on any atom is 0.259 e. The van der Waals surface area contributed by atoms with Gasteiger partial charge >= 0.3 is 0 Å². The molecule has 0 aliphatic carbocycles. The van der Waals surface area contributed by atoms with E-state index < -0.39 is 16.1 Å². The number of aryl methyl sites for hydroxylation is 1. The fourth-order valence-corrected chi connectivity index (χ4v) is 3.48. The number of hydrogen-bond acceptors (Lipinski definition) is 6. The number of sulfonamides is 1. The summed E-state index contributed by atoms with van der Waals surface area (Å²) < 4.78 is 28.4. The van der Waals surface area contributed by atoms with Crippen LogP contribution in [0.3, 0.4) is 0 Å². The number of fused-ring (bicyclic) bond motifs is 1. The lowest BCUT2D eigenvalue weighted by atomic mass is 10.0. The van der Waals surface area contributed by atoms with Crippen molar-refractivity contribution in [2.75, 3.05) is 0 Å². The number of nitrogens with zero attached hydrogens (tertiary/aromatic N) is 2. The van der Waals surface area contributed by atoms with Crippen LogP contribution in [0.25, 0.3) is 11.1 Å². The van der Waals surface area contributed by atoms with Gasteiger partial charge in [-0.1, -0.05) is 31.1 Å². The molecular weight excluding hydrogens is 380 g/mol. The van der Waals surface area contributed by atoms with Gasteiger partial charge < -0.3 is 9.84 Å². The van der Waals surface area contributed by atoms with Crippen molar-refractivity contribution in [2.24, 2.45) is 5.14 Å². The number of carbonyl (C=O) groups is 1. The summed E-state index contributed by atoms with van der Waals surface area (Å²) in [6.07, 6.45) is 0. The van der Waals surface area contributed by atoms with Crippen LogP contribution in [0.1, 0.15) is 60.0 Å². The minimum atomic E-state index is -3.82. The Kier molecular flexibility index (Phi) is 5.22. The molecule has 9 heteroatoms. The van der Waals surface area contributed by atoms with Gasteiger partial charge in [0.2, 0.25) is 10.0 Å². The normalized spacial score (nSPS) is 13.1. The lowest BCUT2D eigenvalue weighted by molar-refractivity contribution is 0.0941. The predicted molar refractivity (Wildman–Crippen MR) is 104 cm³/mol. The molecule has 1 aromatic carbocycles. The highest BCUT2D eigenvalue weighted by Crippen LogP contribution is 2.26. The molecule has 2 heterocycles. The number of pyridine rings is 1. The van der Waals surface area contributed by atoms with E-state index in [-0.39, 0.29) is 16.7 Å². The molecule has 0 saturated carbocycles. The summed E-state index contributed by atoms with van der Waals surface area (Å²) in [5, 5.41) is 12.6. The smallest absolute Gasteiger partial charge is 0.259 e. The lowest BCUT2D eigenvalue weighted by Gasteiger charge is -2.16. The fraction of sp³-hybridized carbons (Fsp3) is 0.316. The highest BCUT2D eigenvalue weighted by atomic mass is 32.2. The van der Waals surface area contributed by atoms with E-state index in [1.807, 2.05) is 13.8 Å². The number of nitrogens with two attached hydrogens (primary N) is 1. The number of carbonyl (C=O) groups excluding carboxylic acids is 1. The number of rotatable bonds is 5. The van der Waals surface area contributed by atoms with Gasteiger partial charge in [-0.15, -0.1) is 0 Å². The zero-order valence-corrected chi connectivity index (χ0v) is 16.9. The maximum absolute atomic E-state index is 13.0. The minimum Gasteiger partial charge on any atom is -0.345 e. The number of hydrogen-bond donors (Lipinski definition) is 2. The number of aromatic nitrogens is 2. The van der Waals surface area contributed by atoms with E-state index in [9.17, 15) is 13.2 Å². The summed E-state index contributed by atoms with van der Waals surface area (Å²) >= 11 is 0. The van der Waals surface area contributed by atoms with Crippen molar-refractivity contribution in [3.05, 3.63) is 52.8 Å². The third kappa shape index (κ3) is 3.90. The summed E-state index contributed by atoms with van der Waals surface area (Å²) in [7, 11) is -3.82. The first-order chi connectivity index (χ1) is 13.1. The van der Waals surface area contributed by atoms with Crippen molar-refractivity contribution >= 4 is 27.0 Å². The summed E-state index contributed by atoms with van der Waals surface area (Å²) in [6.45, 7) is 7.46. The maximum atomic E-state index is 13.0. The van der Waals surface area contributed by atoms with E-state index in [4.69, 9.17) is 9.66 Å². The number of primary sulfonamides is 1. The third-order valence-corrected chi connectivity index (χ3v) is 5.42. The molecule has 2 aromatic heterocycles. The molecule has 0 saturated heterocycles. The second-order valence-corrected chi connectivity index (χ2v) is 8.57. The van der Waals surface area contributed by atoms with Crippen molar-refractivity contribution in [3.8, 4) is 0 Å². The Balaban J connectivity index is 1.96. The number of nitrogens with one attached hydrogen (secondary N) is 1. The Hall–Kier alpha value is -2.78. The topological polar surface area (TPSA) is 128 Å². The summed E-state index contributed by atoms with van der Waals surface area (Å²) in [6, 6.07) is 7.47. The van der Waals surface area contributed by atoms with E-state index in [1.54, 1.807) is 32.0 Å². The average Bonchev–Trinajstić information content (AvgIpc) is 3.01. The van der Waals surface area contributed by atoms with Crippen LogP contribution in [-0.2, 0) is 10.0 Å². The van der Waals surface area contributed by atoms with E-state index >= 15 is 0 Å². The Morgan fingerprint density at radius 3 is 2.57 bits per heavy atom. The zero-order chi connectivity index (χ0) is 20.6. The molecule has 8 nitrogen and oxygen atoms in total. The van der Waals surface area contributed by atoms with E-state index in [0.29, 0.717) is 27.9 Å². The SMILES string of the molecule is Cc1noc2nc(C(C)C)cc(C(=O)NC(C)c3cccc(S(N)(=O)=O)c3)c12. The van der Waals surface area contributed by atoms with Crippen LogP contribution in [0.5, 0.6) is 0 Å². The van der Waals surface area contributed by atoms with Gasteiger partial charge in [-0.3, -0.25) is 4.79 Å². The Labute approximate surface area is 163 Å². The highest BCUT2D eigenvalue weighted by molar-refractivity contribution is 7.89. The molecule has 3 rings (SSSR count). The third-order valence-electron chi connectivity index (χ3n) is 4.51. The molecule has 3 aromatic rings. The minimum absolute atomic E-state index is 0.00521. The fourth-order valence-electron chi connectivity index (χ4n) is 2.91. The van der Waals surface area contributed by atoms with Gasteiger partial charge in [-0.05, 0) is 43.5 Å². The van der Waals surface area contributed by atoms with E-state index in [2.05, 4.69) is 15.5 Å². The molecule has 0 spiro atoms. The molecule has 3 N–H and O–H groups in total. The Morgan fingerprint density at radius 2 is 1.93 bits per heavy atom. The lowest BCUT2D eigenvalue weighted by Crippen LogP contribution is -2.27. The molecule has 148 valence electrons. The predicted octanol–water partition coefficient (Wildman–Crippen LogP) is 2.79. The Morgan fingerprint density at radius 1 is 1.21 bits per heavy atom. The van der Waals surface area contributed by atoms with Gasteiger partial charge in [0.15, 0.2) is 0 Å². The van der Waals surface area contributed by atoms with Gasteiger partial charge in [0.1, 0.15) is 0 Å². The van der Waals surface area contributed by atoms with Gasteiger partial charge in [-0.2, -0.15) is 0 Å². The van der Waals surface area contributed by atoms with Crippen molar-refractivity contribution in [1.82, 2.24) is 15.5 Å². The second-order valence-electron chi connectivity index (χ2n) is 7.01. The molecule has 0 aliphatic heterocycles. The van der Waals surface area contributed by atoms with Crippen LogP contribution in [-0.4, -0.2) is 24.5 Å². The molecule has 0 aliphatic rings. The average molecular weight is 402 g/mol. The largest absolute Gasteiger partial charge is 0.345 e. The monoisotopic (exact) mass is 402 g/mol. The van der Waals surface area contributed by atoms with Crippen LogP contribution in [0.4, 0.5) is 0 Å². The molecule has 0 bridgehead atoms. The van der Waals surface area contributed by atoms with Crippen LogP contribution in [0, 0.1) is 6.92 Å². The molecular formula is C19H22N4O4S. The molecule has 28 heavy (non-hydrogen) atoms. The molecule has 1 unspecified atom stereocenters. The van der Waals surface area contributed by atoms with Gasteiger partial charge in [-0.25, -0.2) is 18.5 Å².